The standard InChI is InChI=1S/C30H39N3/c1-29(2,3)24-12-15-31-28(21-24)33-16-13-23(14-17-33)27-20-25(30(4,5)6)19-26(32-27)18-22-10-8-7-9-11-22/h7-12,15,19-21,23H,13-14,16-18H2,1-6H3. The van der Waals surface area contributed by atoms with E-state index in [0.29, 0.717) is 5.92 Å². The molecule has 1 aromatic carbocycles. The lowest BCUT2D eigenvalue weighted by molar-refractivity contribution is 0.489. The first kappa shape index (κ1) is 23.5. The molecule has 0 bridgehead atoms. The third kappa shape index (κ3) is 5.82. The Labute approximate surface area is 200 Å². The minimum Gasteiger partial charge on any atom is -0.357 e. The van der Waals surface area contributed by atoms with Crippen LogP contribution in [0, 0.1) is 0 Å². The van der Waals surface area contributed by atoms with E-state index in [1.807, 2.05) is 6.20 Å². The van der Waals surface area contributed by atoms with E-state index in [4.69, 9.17) is 9.97 Å². The maximum atomic E-state index is 5.18. The zero-order chi connectivity index (χ0) is 23.6. The smallest absolute Gasteiger partial charge is 0.128 e. The number of rotatable bonds is 4. The summed E-state index contributed by atoms with van der Waals surface area (Å²) >= 11 is 0. The summed E-state index contributed by atoms with van der Waals surface area (Å²) in [5, 5.41) is 0. The van der Waals surface area contributed by atoms with Crippen molar-refractivity contribution in [2.75, 3.05) is 18.0 Å². The van der Waals surface area contributed by atoms with E-state index in [9.17, 15) is 0 Å². The highest BCUT2D eigenvalue weighted by atomic mass is 15.2. The van der Waals surface area contributed by atoms with Gasteiger partial charge in [-0.2, -0.15) is 0 Å². The number of aromatic nitrogens is 2. The molecular weight excluding hydrogens is 402 g/mol. The van der Waals surface area contributed by atoms with Crippen LogP contribution in [0.3, 0.4) is 0 Å². The van der Waals surface area contributed by atoms with Crippen LogP contribution in [0.5, 0.6) is 0 Å². The third-order valence-corrected chi connectivity index (χ3v) is 6.84. The molecule has 0 saturated carbocycles. The van der Waals surface area contributed by atoms with Crippen molar-refractivity contribution < 1.29 is 0 Å². The second-order valence-electron chi connectivity index (χ2n) is 11.6. The van der Waals surface area contributed by atoms with Crippen molar-refractivity contribution in [1.29, 1.82) is 0 Å². The highest BCUT2D eigenvalue weighted by Crippen LogP contribution is 2.33. The first-order valence-corrected chi connectivity index (χ1v) is 12.4. The lowest BCUT2D eigenvalue weighted by atomic mass is 9.83. The molecule has 3 heteroatoms. The molecule has 0 atom stereocenters. The second kappa shape index (κ2) is 9.29. The summed E-state index contributed by atoms with van der Waals surface area (Å²) in [4.78, 5) is 12.3. The molecule has 33 heavy (non-hydrogen) atoms. The van der Waals surface area contributed by atoms with E-state index in [1.54, 1.807) is 0 Å². The van der Waals surface area contributed by atoms with E-state index >= 15 is 0 Å². The summed E-state index contributed by atoms with van der Waals surface area (Å²) in [5.74, 6) is 1.62. The van der Waals surface area contributed by atoms with Crippen LogP contribution in [-0.4, -0.2) is 23.1 Å². The lowest BCUT2D eigenvalue weighted by Gasteiger charge is -2.34. The van der Waals surface area contributed by atoms with E-state index in [-0.39, 0.29) is 10.8 Å². The van der Waals surface area contributed by atoms with Gasteiger partial charge in [0.1, 0.15) is 5.82 Å². The van der Waals surface area contributed by atoms with Gasteiger partial charge in [-0.3, -0.25) is 4.98 Å². The Hall–Kier alpha value is -2.68. The molecule has 3 heterocycles. The maximum absolute atomic E-state index is 5.18. The Kier molecular flexibility index (Phi) is 6.61. The molecule has 1 aliphatic rings. The van der Waals surface area contributed by atoms with Crippen LogP contribution in [0.1, 0.15) is 88.4 Å². The minimum absolute atomic E-state index is 0.112. The van der Waals surface area contributed by atoms with Gasteiger partial charge in [-0.15, -0.1) is 0 Å². The topological polar surface area (TPSA) is 29.0 Å². The Morgan fingerprint density at radius 1 is 0.818 bits per heavy atom. The quantitative estimate of drug-likeness (QED) is 0.434. The van der Waals surface area contributed by atoms with Gasteiger partial charge in [-0.1, -0.05) is 71.9 Å². The largest absolute Gasteiger partial charge is 0.357 e. The molecule has 3 aromatic rings. The van der Waals surface area contributed by atoms with Crippen molar-refractivity contribution in [2.45, 2.75) is 77.6 Å². The van der Waals surface area contributed by atoms with Gasteiger partial charge in [0.15, 0.2) is 0 Å². The third-order valence-electron chi connectivity index (χ3n) is 6.84. The fourth-order valence-corrected chi connectivity index (χ4v) is 4.61. The van der Waals surface area contributed by atoms with E-state index in [0.717, 1.165) is 38.2 Å². The molecule has 0 amide bonds. The van der Waals surface area contributed by atoms with Crippen LogP contribution in [0.25, 0.3) is 0 Å². The summed E-state index contributed by atoms with van der Waals surface area (Å²) in [7, 11) is 0. The monoisotopic (exact) mass is 441 g/mol. The van der Waals surface area contributed by atoms with Gasteiger partial charge >= 0.3 is 0 Å². The van der Waals surface area contributed by atoms with Crippen LogP contribution in [0.2, 0.25) is 0 Å². The van der Waals surface area contributed by atoms with Gasteiger partial charge in [0, 0.05) is 43.0 Å². The van der Waals surface area contributed by atoms with Crippen molar-refractivity contribution in [3.8, 4) is 0 Å². The predicted molar refractivity (Wildman–Crippen MR) is 139 cm³/mol. The Morgan fingerprint density at radius 3 is 2.12 bits per heavy atom. The number of nitrogens with zero attached hydrogens (tertiary/aromatic N) is 3. The second-order valence-corrected chi connectivity index (χ2v) is 11.6. The molecule has 0 unspecified atom stereocenters. The number of anilines is 1. The number of benzene rings is 1. The zero-order valence-corrected chi connectivity index (χ0v) is 21.2. The van der Waals surface area contributed by atoms with E-state index < -0.39 is 0 Å². The number of hydrogen-bond donors (Lipinski definition) is 0. The molecule has 0 aliphatic carbocycles. The van der Waals surface area contributed by atoms with Crippen molar-refractivity contribution in [2.24, 2.45) is 0 Å². The highest BCUT2D eigenvalue weighted by molar-refractivity contribution is 5.44. The van der Waals surface area contributed by atoms with Gasteiger partial charge in [-0.25, -0.2) is 4.98 Å². The molecule has 1 saturated heterocycles. The summed E-state index contributed by atoms with van der Waals surface area (Å²) in [5.41, 5.74) is 6.76. The van der Waals surface area contributed by atoms with Gasteiger partial charge in [0.05, 0.1) is 0 Å². The summed E-state index contributed by atoms with van der Waals surface area (Å²) in [6, 6.07) is 19.8. The van der Waals surface area contributed by atoms with Gasteiger partial charge in [-0.05, 0) is 64.6 Å². The predicted octanol–water partition coefficient (Wildman–Crippen LogP) is 7.05. The van der Waals surface area contributed by atoms with Crippen LogP contribution >= 0.6 is 0 Å². The van der Waals surface area contributed by atoms with Crippen LogP contribution in [0.4, 0.5) is 5.82 Å². The fourth-order valence-electron chi connectivity index (χ4n) is 4.61. The summed E-state index contributed by atoms with van der Waals surface area (Å²) in [6.07, 6.45) is 5.09. The Morgan fingerprint density at radius 2 is 1.48 bits per heavy atom. The number of pyridine rings is 2. The van der Waals surface area contributed by atoms with Gasteiger partial charge < -0.3 is 4.90 Å². The average Bonchev–Trinajstić information content (AvgIpc) is 2.79. The normalized spacial score (nSPS) is 15.6. The average molecular weight is 442 g/mol. The number of piperidine rings is 1. The first-order chi connectivity index (χ1) is 15.6. The molecule has 3 nitrogen and oxygen atoms in total. The van der Waals surface area contributed by atoms with Crippen molar-refractivity contribution in [3.63, 3.8) is 0 Å². The highest BCUT2D eigenvalue weighted by Gasteiger charge is 2.26. The van der Waals surface area contributed by atoms with Crippen LogP contribution in [0.15, 0.2) is 60.8 Å². The Balaban J connectivity index is 1.53. The maximum Gasteiger partial charge on any atom is 0.128 e. The summed E-state index contributed by atoms with van der Waals surface area (Å²) in [6.45, 7) is 15.7. The SMILES string of the molecule is CC(C)(C)c1cc(Cc2ccccc2)nc(C2CCN(c3cc(C(C)(C)C)ccn3)CC2)c1. The van der Waals surface area contributed by atoms with Crippen molar-refractivity contribution in [1.82, 2.24) is 9.97 Å². The fraction of sp³-hybridized carbons (Fsp3) is 0.467. The van der Waals surface area contributed by atoms with Crippen LogP contribution in [-0.2, 0) is 17.3 Å². The van der Waals surface area contributed by atoms with Gasteiger partial charge in [0.2, 0.25) is 0 Å². The molecule has 0 radical (unpaired) electrons. The molecule has 0 N–H and O–H groups in total. The zero-order valence-electron chi connectivity index (χ0n) is 21.2. The summed E-state index contributed by atoms with van der Waals surface area (Å²) < 4.78 is 0. The Bertz CT molecular complexity index is 1070. The molecule has 174 valence electrons. The molecule has 2 aromatic heterocycles. The van der Waals surface area contributed by atoms with Crippen molar-refractivity contribution >= 4 is 5.82 Å². The molecule has 0 spiro atoms. The molecule has 1 aliphatic heterocycles. The van der Waals surface area contributed by atoms with Crippen molar-refractivity contribution in [3.05, 3.63) is 88.9 Å². The van der Waals surface area contributed by atoms with E-state index in [2.05, 4.69) is 101 Å². The van der Waals surface area contributed by atoms with E-state index in [1.165, 1.54) is 28.1 Å². The number of hydrogen-bond acceptors (Lipinski definition) is 3. The molecule has 4 rings (SSSR count). The lowest BCUT2D eigenvalue weighted by Crippen LogP contribution is -2.34. The van der Waals surface area contributed by atoms with Gasteiger partial charge in [0.25, 0.3) is 0 Å². The first-order valence-electron chi connectivity index (χ1n) is 12.4. The molecule has 1 fully saturated rings. The van der Waals surface area contributed by atoms with Crippen LogP contribution < -0.4 is 4.90 Å². The minimum atomic E-state index is 0.112. The molecular formula is C30H39N3.